The second kappa shape index (κ2) is 10.1. The maximum Gasteiger partial charge on any atom is 0.283 e. The van der Waals surface area contributed by atoms with E-state index in [-0.39, 0.29) is 29.6 Å². The zero-order chi connectivity index (χ0) is 24.4. The Kier molecular flexibility index (Phi) is 7.16. The van der Waals surface area contributed by atoms with Crippen LogP contribution >= 0.6 is 35.0 Å². The Morgan fingerprint density at radius 3 is 2.62 bits per heavy atom. The maximum atomic E-state index is 12.5. The molecule has 0 spiro atoms. The molecule has 0 unspecified atom stereocenters. The van der Waals surface area contributed by atoms with Gasteiger partial charge in [0, 0.05) is 5.02 Å². The summed E-state index contributed by atoms with van der Waals surface area (Å²) in [6.07, 6.45) is 1.53. The molecule has 0 saturated heterocycles. The summed E-state index contributed by atoms with van der Waals surface area (Å²) in [5, 5.41) is 16.0. The molecule has 2 aromatic rings. The van der Waals surface area contributed by atoms with Gasteiger partial charge in [-0.1, -0.05) is 23.2 Å². The van der Waals surface area contributed by atoms with Crippen LogP contribution in [-0.2, 0) is 4.79 Å². The first-order chi connectivity index (χ1) is 16.3. The minimum Gasteiger partial charge on any atom is -0.493 e. The van der Waals surface area contributed by atoms with E-state index in [4.69, 9.17) is 42.8 Å². The molecule has 176 valence electrons. The predicted molar refractivity (Wildman–Crippen MR) is 136 cm³/mol. The highest BCUT2D eigenvalue weighted by Gasteiger charge is 2.34. The summed E-state index contributed by atoms with van der Waals surface area (Å²) in [4.78, 5) is 16.5. The van der Waals surface area contributed by atoms with Gasteiger partial charge in [0.2, 0.25) is 5.17 Å². The molecule has 8 nitrogen and oxygen atoms in total. The third-order valence-electron chi connectivity index (χ3n) is 4.85. The van der Waals surface area contributed by atoms with Crippen molar-refractivity contribution in [1.29, 1.82) is 5.41 Å². The van der Waals surface area contributed by atoms with Gasteiger partial charge >= 0.3 is 0 Å². The minimum absolute atomic E-state index is 0.0515. The molecule has 2 heterocycles. The van der Waals surface area contributed by atoms with Gasteiger partial charge in [-0.2, -0.15) is 15.1 Å². The van der Waals surface area contributed by atoms with Crippen LogP contribution in [0.1, 0.15) is 18.1 Å². The smallest absolute Gasteiger partial charge is 0.283 e. The van der Waals surface area contributed by atoms with E-state index in [1.165, 1.54) is 30.0 Å². The molecule has 2 aromatic carbocycles. The fourth-order valence-electron chi connectivity index (χ4n) is 3.23. The zero-order valence-corrected chi connectivity index (χ0v) is 20.8. The lowest BCUT2D eigenvalue weighted by atomic mass is 10.1. The van der Waals surface area contributed by atoms with Gasteiger partial charge in [-0.05, 0) is 73.1 Å². The summed E-state index contributed by atoms with van der Waals surface area (Å²) in [7, 11) is 1.49. The largest absolute Gasteiger partial charge is 0.493 e. The average Bonchev–Trinajstić information content (AvgIpc) is 3.17. The molecule has 0 aromatic heterocycles. The number of thioether (sulfide) groups is 1. The Morgan fingerprint density at radius 2 is 1.88 bits per heavy atom. The lowest BCUT2D eigenvalue weighted by molar-refractivity contribution is -0.114. The molecule has 11 heteroatoms. The lowest BCUT2D eigenvalue weighted by Crippen LogP contribution is -2.35. The van der Waals surface area contributed by atoms with Crippen molar-refractivity contribution in [3.05, 3.63) is 57.1 Å². The van der Waals surface area contributed by atoms with Crippen LogP contribution in [0.5, 0.6) is 17.2 Å². The number of hydrazone groups is 1. The number of nitrogens with one attached hydrogen (secondary N) is 1. The third kappa shape index (κ3) is 5.06. The molecule has 34 heavy (non-hydrogen) atoms. The standard InChI is InChI=1S/C23H20Cl2N4O4S/c1-12-8-15(4-5-17(12)24)32-6-7-33-20-18(25)10-14(11-19(20)31-3)9-16-21(26)29-23(27-22(16)30)34-13(2)28-29/h4-5,8-11,26H,6-7H2,1-3H3. The summed E-state index contributed by atoms with van der Waals surface area (Å²) >= 11 is 13.7. The molecule has 0 atom stereocenters. The monoisotopic (exact) mass is 518 g/mol. The zero-order valence-electron chi connectivity index (χ0n) is 18.5. The van der Waals surface area contributed by atoms with Crippen molar-refractivity contribution < 1.29 is 19.0 Å². The number of ether oxygens (including phenoxy) is 3. The number of aliphatic imine (C=N–C) groups is 1. The van der Waals surface area contributed by atoms with E-state index in [0.29, 0.717) is 38.0 Å². The van der Waals surface area contributed by atoms with E-state index in [1.807, 2.05) is 13.0 Å². The Bertz CT molecular complexity index is 1280. The lowest BCUT2D eigenvalue weighted by Gasteiger charge is -2.20. The highest BCUT2D eigenvalue weighted by molar-refractivity contribution is 8.26. The van der Waals surface area contributed by atoms with Crippen LogP contribution in [0.25, 0.3) is 6.08 Å². The van der Waals surface area contributed by atoms with E-state index in [1.54, 1.807) is 31.2 Å². The fraction of sp³-hybridized carbons (Fsp3) is 0.217. The molecule has 0 saturated carbocycles. The van der Waals surface area contributed by atoms with Crippen LogP contribution in [0.2, 0.25) is 10.0 Å². The molecule has 4 rings (SSSR count). The van der Waals surface area contributed by atoms with E-state index in [0.717, 1.165) is 5.56 Å². The quantitative estimate of drug-likeness (QED) is 0.388. The molecular formula is C23H20Cl2N4O4S. The number of hydrogen-bond donors (Lipinski definition) is 1. The SMILES string of the molecule is COc1cc(C=C2C(=N)N3N=C(C)SC3=NC2=O)cc(Cl)c1OCCOc1ccc(Cl)c(C)c1. The van der Waals surface area contributed by atoms with Gasteiger partial charge in [-0.3, -0.25) is 10.2 Å². The molecule has 0 aliphatic carbocycles. The van der Waals surface area contributed by atoms with Crippen LogP contribution in [0.3, 0.4) is 0 Å². The molecule has 2 aliphatic rings. The number of rotatable bonds is 7. The number of carbonyl (C=O) groups excluding carboxylic acids is 1. The number of fused-ring (bicyclic) bond motifs is 1. The van der Waals surface area contributed by atoms with Gasteiger partial charge in [-0.15, -0.1) is 0 Å². The van der Waals surface area contributed by atoms with Crippen molar-refractivity contribution in [2.45, 2.75) is 13.8 Å². The Labute approximate surface area is 210 Å². The van der Waals surface area contributed by atoms with Crippen molar-refractivity contribution in [3.63, 3.8) is 0 Å². The first kappa shape index (κ1) is 24.1. The Balaban J connectivity index is 1.48. The average molecular weight is 519 g/mol. The predicted octanol–water partition coefficient (Wildman–Crippen LogP) is 5.41. The van der Waals surface area contributed by atoms with Crippen molar-refractivity contribution in [2.24, 2.45) is 10.1 Å². The van der Waals surface area contributed by atoms with Gasteiger partial charge in [0.1, 0.15) is 19.0 Å². The Hall–Kier alpha value is -3.01. The van der Waals surface area contributed by atoms with Gasteiger partial charge in [0.05, 0.1) is 22.7 Å². The number of nitrogens with zero attached hydrogens (tertiary/aromatic N) is 3. The van der Waals surface area contributed by atoms with Crippen LogP contribution in [0.15, 0.2) is 46.0 Å². The topological polar surface area (TPSA) is 96.6 Å². The van der Waals surface area contributed by atoms with Gasteiger partial charge in [0.25, 0.3) is 5.91 Å². The first-order valence-corrected chi connectivity index (χ1v) is 11.7. The van der Waals surface area contributed by atoms with Gasteiger partial charge in [-0.25, -0.2) is 0 Å². The molecule has 0 radical (unpaired) electrons. The van der Waals surface area contributed by atoms with E-state index in [2.05, 4.69) is 10.1 Å². The van der Waals surface area contributed by atoms with Crippen LogP contribution in [0, 0.1) is 12.3 Å². The first-order valence-electron chi connectivity index (χ1n) is 10.1. The van der Waals surface area contributed by atoms with Gasteiger partial charge in [0.15, 0.2) is 17.3 Å². The highest BCUT2D eigenvalue weighted by Crippen LogP contribution is 2.37. The summed E-state index contributed by atoms with van der Waals surface area (Å²) in [5.41, 5.74) is 1.58. The fourth-order valence-corrected chi connectivity index (χ4v) is 4.35. The summed E-state index contributed by atoms with van der Waals surface area (Å²) in [6, 6.07) is 8.71. The minimum atomic E-state index is -0.515. The molecule has 0 bridgehead atoms. The molecule has 0 fully saturated rings. The normalized spacial score (nSPS) is 16.4. The number of carbonyl (C=O) groups is 1. The second-order valence-electron chi connectivity index (χ2n) is 7.28. The molecule has 1 amide bonds. The van der Waals surface area contributed by atoms with Crippen LogP contribution < -0.4 is 14.2 Å². The maximum absolute atomic E-state index is 12.5. The molecule has 1 N–H and O–H groups in total. The number of amidine groups is 2. The van der Waals surface area contributed by atoms with Crippen molar-refractivity contribution in [2.75, 3.05) is 20.3 Å². The summed E-state index contributed by atoms with van der Waals surface area (Å²) < 4.78 is 16.9. The second-order valence-corrected chi connectivity index (χ2v) is 9.26. The third-order valence-corrected chi connectivity index (χ3v) is 6.37. The molecule has 2 aliphatic heterocycles. The Morgan fingerprint density at radius 1 is 1.12 bits per heavy atom. The number of benzene rings is 2. The summed E-state index contributed by atoms with van der Waals surface area (Å²) in [5.74, 6) is 0.852. The van der Waals surface area contributed by atoms with Crippen molar-refractivity contribution in [3.8, 4) is 17.2 Å². The van der Waals surface area contributed by atoms with Crippen LogP contribution in [0.4, 0.5) is 0 Å². The number of halogens is 2. The molecular weight excluding hydrogens is 499 g/mol. The van der Waals surface area contributed by atoms with E-state index < -0.39 is 5.91 Å². The van der Waals surface area contributed by atoms with Crippen molar-refractivity contribution in [1.82, 2.24) is 5.01 Å². The number of aryl methyl sites for hydroxylation is 1. The summed E-state index contributed by atoms with van der Waals surface area (Å²) in [6.45, 7) is 4.20. The van der Waals surface area contributed by atoms with Crippen molar-refractivity contribution >= 4 is 63.0 Å². The highest BCUT2D eigenvalue weighted by atomic mass is 35.5. The van der Waals surface area contributed by atoms with Gasteiger partial charge < -0.3 is 14.2 Å². The number of methoxy groups -OCH3 is 1. The van der Waals surface area contributed by atoms with E-state index in [9.17, 15) is 4.79 Å². The van der Waals surface area contributed by atoms with Crippen LogP contribution in [-0.4, -0.2) is 47.3 Å². The number of amides is 1. The number of hydrogen-bond acceptors (Lipinski definition) is 7. The van der Waals surface area contributed by atoms with E-state index >= 15 is 0 Å².